The highest BCUT2D eigenvalue weighted by molar-refractivity contribution is 5.78. The molecule has 1 saturated heterocycles. The zero-order valence-electron chi connectivity index (χ0n) is 18.0. The first-order chi connectivity index (χ1) is 14.1. The van der Waals surface area contributed by atoms with Crippen molar-refractivity contribution in [2.45, 2.75) is 65.2 Å². The minimum Gasteiger partial charge on any atom is -0.312 e. The lowest BCUT2D eigenvalue weighted by Gasteiger charge is -2.40. The van der Waals surface area contributed by atoms with Gasteiger partial charge >= 0.3 is 0 Å². The number of piperazine rings is 1. The maximum absolute atomic E-state index is 5.14. The van der Waals surface area contributed by atoms with Crippen molar-refractivity contribution < 1.29 is 0 Å². The van der Waals surface area contributed by atoms with Crippen LogP contribution in [0.1, 0.15) is 52.4 Å². The van der Waals surface area contributed by atoms with Gasteiger partial charge in [-0.05, 0) is 51.0 Å². The van der Waals surface area contributed by atoms with E-state index in [1.807, 2.05) is 30.7 Å². The van der Waals surface area contributed by atoms with Gasteiger partial charge in [0.1, 0.15) is 11.3 Å². The number of nitrogens with one attached hydrogen (secondary N) is 1. The van der Waals surface area contributed by atoms with Crippen LogP contribution in [0.5, 0.6) is 0 Å². The van der Waals surface area contributed by atoms with Crippen molar-refractivity contribution in [2.24, 2.45) is 0 Å². The molecule has 0 bridgehead atoms. The molecule has 0 amide bonds. The second-order valence-electron chi connectivity index (χ2n) is 8.24. The molecule has 154 valence electrons. The predicted octanol–water partition coefficient (Wildman–Crippen LogP) is 4.04. The fraction of sp³-hybridized carbons (Fsp3) is 0.522. The molecule has 0 spiro atoms. The maximum atomic E-state index is 5.14. The van der Waals surface area contributed by atoms with E-state index in [1.165, 1.54) is 0 Å². The molecule has 1 aliphatic heterocycles. The lowest BCUT2D eigenvalue weighted by molar-refractivity contribution is 0.110. The van der Waals surface area contributed by atoms with E-state index in [4.69, 9.17) is 9.97 Å². The number of hydrogen-bond donors (Lipinski definition) is 1. The molecule has 1 aliphatic rings. The van der Waals surface area contributed by atoms with Crippen molar-refractivity contribution in [3.63, 3.8) is 0 Å². The molecule has 1 N–H and O–H groups in total. The van der Waals surface area contributed by atoms with E-state index >= 15 is 0 Å². The minimum atomic E-state index is 0.325. The van der Waals surface area contributed by atoms with E-state index in [-0.39, 0.29) is 0 Å². The molecule has 6 nitrogen and oxygen atoms in total. The molecule has 3 unspecified atom stereocenters. The zero-order chi connectivity index (χ0) is 20.4. The van der Waals surface area contributed by atoms with Gasteiger partial charge in [-0.15, -0.1) is 0 Å². The molecule has 3 aromatic heterocycles. The summed E-state index contributed by atoms with van der Waals surface area (Å²) in [5.74, 6) is 1.16. The highest BCUT2D eigenvalue weighted by Gasteiger charge is 2.31. The normalized spacial score (nSPS) is 21.5. The summed E-state index contributed by atoms with van der Waals surface area (Å²) in [5, 5.41) is 3.65. The van der Waals surface area contributed by atoms with Gasteiger partial charge in [-0.3, -0.25) is 9.88 Å². The molecule has 1 fully saturated rings. The van der Waals surface area contributed by atoms with E-state index in [0.29, 0.717) is 18.1 Å². The standard InChI is InChI=1S/C23H32N6/c1-5-7-21(28-14-16(3)26-17(4)15-28)23-27-20-12-19(18-8-10-24-11-9-18)13-25-22(20)29(23)6-2/h8-13,16-17,21,26H,5-7,14-15H2,1-4H3. The van der Waals surface area contributed by atoms with Crippen LogP contribution in [-0.4, -0.2) is 49.6 Å². The van der Waals surface area contributed by atoms with Crippen LogP contribution >= 0.6 is 0 Å². The van der Waals surface area contributed by atoms with Crippen molar-refractivity contribution >= 4 is 11.2 Å². The number of rotatable bonds is 6. The third-order valence-corrected chi connectivity index (χ3v) is 5.83. The Kier molecular flexibility index (Phi) is 5.92. The monoisotopic (exact) mass is 392 g/mol. The van der Waals surface area contributed by atoms with Crippen molar-refractivity contribution in [3.8, 4) is 11.1 Å². The van der Waals surface area contributed by atoms with Gasteiger partial charge in [0.15, 0.2) is 5.65 Å². The molecule has 3 atom stereocenters. The SMILES string of the molecule is CCCC(c1nc2cc(-c3ccncc3)cnc2n1CC)N1CC(C)NC(C)C1. The van der Waals surface area contributed by atoms with E-state index < -0.39 is 0 Å². The molecule has 0 aliphatic carbocycles. The van der Waals surface area contributed by atoms with E-state index in [0.717, 1.165) is 60.6 Å². The average Bonchev–Trinajstić information content (AvgIpc) is 3.09. The number of nitrogens with zero attached hydrogens (tertiary/aromatic N) is 5. The number of aryl methyl sites for hydroxylation is 1. The van der Waals surface area contributed by atoms with Crippen LogP contribution in [0.15, 0.2) is 36.8 Å². The summed E-state index contributed by atoms with van der Waals surface area (Å²) < 4.78 is 2.31. The summed E-state index contributed by atoms with van der Waals surface area (Å²) in [4.78, 5) is 16.7. The van der Waals surface area contributed by atoms with E-state index in [2.05, 4.69) is 53.5 Å². The van der Waals surface area contributed by atoms with Gasteiger partial charge in [-0.2, -0.15) is 0 Å². The Morgan fingerprint density at radius 1 is 1.10 bits per heavy atom. The van der Waals surface area contributed by atoms with Crippen molar-refractivity contribution in [2.75, 3.05) is 13.1 Å². The van der Waals surface area contributed by atoms with Gasteiger partial charge in [-0.1, -0.05) is 13.3 Å². The molecule has 0 aromatic carbocycles. The van der Waals surface area contributed by atoms with Gasteiger partial charge in [0, 0.05) is 55.9 Å². The van der Waals surface area contributed by atoms with Crippen LogP contribution in [0, 0.1) is 0 Å². The third kappa shape index (κ3) is 4.05. The first-order valence-electron chi connectivity index (χ1n) is 10.9. The molecule has 4 heterocycles. The average molecular weight is 393 g/mol. The van der Waals surface area contributed by atoms with Crippen LogP contribution in [0.2, 0.25) is 0 Å². The summed E-state index contributed by atoms with van der Waals surface area (Å²) >= 11 is 0. The molecule has 4 rings (SSSR count). The summed E-state index contributed by atoms with van der Waals surface area (Å²) in [6.45, 7) is 12.0. The van der Waals surface area contributed by atoms with E-state index in [9.17, 15) is 0 Å². The summed E-state index contributed by atoms with van der Waals surface area (Å²) in [6.07, 6.45) is 7.85. The Morgan fingerprint density at radius 3 is 2.48 bits per heavy atom. The lowest BCUT2D eigenvalue weighted by Crippen LogP contribution is -2.55. The number of aromatic nitrogens is 4. The Bertz CT molecular complexity index is 941. The van der Waals surface area contributed by atoms with Gasteiger partial charge < -0.3 is 9.88 Å². The van der Waals surface area contributed by atoms with Gasteiger partial charge in [0.05, 0.1) is 6.04 Å². The van der Waals surface area contributed by atoms with Crippen LogP contribution < -0.4 is 5.32 Å². The third-order valence-electron chi connectivity index (χ3n) is 5.83. The molecule has 0 saturated carbocycles. The minimum absolute atomic E-state index is 0.325. The van der Waals surface area contributed by atoms with Crippen LogP contribution in [0.4, 0.5) is 0 Å². The first kappa shape index (κ1) is 20.0. The second-order valence-corrected chi connectivity index (χ2v) is 8.24. The molecule has 29 heavy (non-hydrogen) atoms. The van der Waals surface area contributed by atoms with Crippen LogP contribution in [0.3, 0.4) is 0 Å². The number of fused-ring (bicyclic) bond motifs is 1. The fourth-order valence-corrected chi connectivity index (χ4v) is 4.67. The Morgan fingerprint density at radius 2 is 1.83 bits per heavy atom. The zero-order valence-corrected chi connectivity index (χ0v) is 18.0. The summed E-state index contributed by atoms with van der Waals surface area (Å²) in [7, 11) is 0. The summed E-state index contributed by atoms with van der Waals surface area (Å²) in [6, 6.07) is 7.52. The molecule has 3 aromatic rings. The highest BCUT2D eigenvalue weighted by Crippen LogP contribution is 2.31. The summed E-state index contributed by atoms with van der Waals surface area (Å²) in [5.41, 5.74) is 4.17. The van der Waals surface area contributed by atoms with Crippen LogP contribution in [-0.2, 0) is 6.54 Å². The van der Waals surface area contributed by atoms with Gasteiger partial charge in [0.2, 0.25) is 0 Å². The van der Waals surface area contributed by atoms with Crippen molar-refractivity contribution in [3.05, 3.63) is 42.6 Å². The Balaban J connectivity index is 1.76. The van der Waals surface area contributed by atoms with Crippen LogP contribution in [0.25, 0.3) is 22.3 Å². The first-order valence-corrected chi connectivity index (χ1v) is 10.9. The Labute approximate surface area is 173 Å². The van der Waals surface area contributed by atoms with Gasteiger partial charge in [-0.25, -0.2) is 9.97 Å². The quantitative estimate of drug-likeness (QED) is 0.686. The van der Waals surface area contributed by atoms with Gasteiger partial charge in [0.25, 0.3) is 0 Å². The maximum Gasteiger partial charge on any atom is 0.160 e. The molecular weight excluding hydrogens is 360 g/mol. The van der Waals surface area contributed by atoms with Crippen molar-refractivity contribution in [1.29, 1.82) is 0 Å². The smallest absolute Gasteiger partial charge is 0.160 e. The van der Waals surface area contributed by atoms with Crippen molar-refractivity contribution in [1.82, 2.24) is 29.7 Å². The van der Waals surface area contributed by atoms with E-state index in [1.54, 1.807) is 0 Å². The number of hydrogen-bond acceptors (Lipinski definition) is 5. The second kappa shape index (κ2) is 8.59. The number of pyridine rings is 2. The molecular formula is C23H32N6. The topological polar surface area (TPSA) is 58.9 Å². The Hall–Kier alpha value is -2.31. The lowest BCUT2D eigenvalue weighted by atomic mass is 10.0. The largest absolute Gasteiger partial charge is 0.312 e. The fourth-order valence-electron chi connectivity index (χ4n) is 4.67. The number of imidazole rings is 1. The highest BCUT2D eigenvalue weighted by atomic mass is 15.3. The molecule has 0 radical (unpaired) electrons. The predicted molar refractivity (Wildman–Crippen MR) is 118 cm³/mol. The molecule has 6 heteroatoms.